The van der Waals surface area contributed by atoms with Crippen molar-refractivity contribution in [1.29, 1.82) is 0 Å². The molecule has 204 valence electrons. The van der Waals surface area contributed by atoms with Crippen molar-refractivity contribution in [3.05, 3.63) is 64.5 Å². The van der Waals surface area contributed by atoms with Gasteiger partial charge in [0.25, 0.3) is 0 Å². The van der Waals surface area contributed by atoms with Gasteiger partial charge in [-0.25, -0.2) is 4.79 Å². The van der Waals surface area contributed by atoms with E-state index >= 15 is 0 Å². The summed E-state index contributed by atoms with van der Waals surface area (Å²) in [5, 5.41) is 14.4. The van der Waals surface area contributed by atoms with E-state index in [0.717, 1.165) is 46.4 Å². The van der Waals surface area contributed by atoms with Gasteiger partial charge in [-0.1, -0.05) is 48.9 Å². The standard InChI is InChI=1S/C29H32N4O4S2/c1-6-7-14-37-21-12-10-20(11-13-21)26-31-32-29(33(26)4)39-17-24(34)30-27-25(28(35)36-5)23(16-38-27)22-15-18(2)8-9-19(22)3/h8-13,15-16H,6-7,14,17H2,1-5H3,(H,30,34). The minimum atomic E-state index is -0.491. The Morgan fingerprint density at radius 3 is 2.56 bits per heavy atom. The molecule has 0 aliphatic rings. The molecule has 4 aromatic rings. The van der Waals surface area contributed by atoms with Gasteiger partial charge in [0.1, 0.15) is 16.3 Å². The molecule has 0 fully saturated rings. The molecular formula is C29H32N4O4S2. The van der Waals surface area contributed by atoms with E-state index in [4.69, 9.17) is 9.47 Å². The Morgan fingerprint density at radius 2 is 1.85 bits per heavy atom. The van der Waals surface area contributed by atoms with Crippen molar-refractivity contribution in [2.75, 3.05) is 24.8 Å². The first kappa shape index (κ1) is 28.4. The van der Waals surface area contributed by atoms with E-state index in [1.54, 1.807) is 0 Å². The van der Waals surface area contributed by atoms with Crippen LogP contribution in [-0.2, 0) is 16.6 Å². The average molecular weight is 565 g/mol. The molecule has 2 heterocycles. The Bertz CT molecular complexity index is 1460. The minimum Gasteiger partial charge on any atom is -0.494 e. The molecule has 2 aromatic carbocycles. The van der Waals surface area contributed by atoms with Crippen molar-refractivity contribution < 1.29 is 19.1 Å². The van der Waals surface area contributed by atoms with Gasteiger partial charge in [0, 0.05) is 23.6 Å². The number of aromatic nitrogens is 3. The number of ether oxygens (including phenoxy) is 2. The van der Waals surface area contributed by atoms with Gasteiger partial charge in [0.2, 0.25) is 5.91 Å². The predicted octanol–water partition coefficient (Wildman–Crippen LogP) is 6.52. The van der Waals surface area contributed by atoms with E-state index in [2.05, 4.69) is 22.4 Å². The quantitative estimate of drug-likeness (QED) is 0.126. The fraction of sp³-hybridized carbons (Fsp3) is 0.310. The highest BCUT2D eigenvalue weighted by molar-refractivity contribution is 7.99. The monoisotopic (exact) mass is 564 g/mol. The summed E-state index contributed by atoms with van der Waals surface area (Å²) in [5.74, 6) is 0.879. The van der Waals surface area contributed by atoms with Crippen molar-refractivity contribution >= 4 is 40.0 Å². The lowest BCUT2D eigenvalue weighted by atomic mass is 9.97. The topological polar surface area (TPSA) is 95.3 Å². The number of benzene rings is 2. The summed E-state index contributed by atoms with van der Waals surface area (Å²) >= 11 is 2.58. The van der Waals surface area contributed by atoms with E-state index in [1.807, 2.05) is 73.3 Å². The van der Waals surface area contributed by atoms with Gasteiger partial charge in [0.15, 0.2) is 11.0 Å². The molecule has 0 radical (unpaired) electrons. The van der Waals surface area contributed by atoms with Crippen LogP contribution in [0.1, 0.15) is 41.3 Å². The summed E-state index contributed by atoms with van der Waals surface area (Å²) < 4.78 is 12.6. The lowest BCUT2D eigenvalue weighted by Crippen LogP contribution is -2.16. The average Bonchev–Trinajstić information content (AvgIpc) is 3.52. The van der Waals surface area contributed by atoms with E-state index in [0.29, 0.717) is 28.2 Å². The Kier molecular flexibility index (Phi) is 9.42. The molecule has 4 rings (SSSR count). The third-order valence-corrected chi connectivity index (χ3v) is 8.08. The highest BCUT2D eigenvalue weighted by atomic mass is 32.2. The summed E-state index contributed by atoms with van der Waals surface area (Å²) in [5.41, 5.74) is 5.07. The maximum absolute atomic E-state index is 12.9. The molecule has 0 aliphatic heterocycles. The van der Waals surface area contributed by atoms with Crippen molar-refractivity contribution in [2.24, 2.45) is 7.05 Å². The zero-order valence-electron chi connectivity index (χ0n) is 22.7. The highest BCUT2D eigenvalue weighted by Crippen LogP contribution is 2.38. The van der Waals surface area contributed by atoms with E-state index < -0.39 is 5.97 Å². The first-order valence-corrected chi connectivity index (χ1v) is 14.5. The maximum Gasteiger partial charge on any atom is 0.341 e. The number of nitrogens with one attached hydrogen (secondary N) is 1. The summed E-state index contributed by atoms with van der Waals surface area (Å²) in [6.07, 6.45) is 2.10. The molecular weight excluding hydrogens is 532 g/mol. The van der Waals surface area contributed by atoms with Crippen LogP contribution in [0.5, 0.6) is 5.75 Å². The lowest BCUT2D eigenvalue weighted by Gasteiger charge is -2.10. The van der Waals surface area contributed by atoms with Crippen molar-refractivity contribution in [1.82, 2.24) is 14.8 Å². The SMILES string of the molecule is CCCCOc1ccc(-c2nnc(SCC(=O)Nc3scc(-c4cc(C)ccc4C)c3C(=O)OC)n2C)cc1. The molecule has 0 atom stereocenters. The fourth-order valence-electron chi connectivity index (χ4n) is 4.00. The highest BCUT2D eigenvalue weighted by Gasteiger charge is 2.23. The lowest BCUT2D eigenvalue weighted by molar-refractivity contribution is -0.113. The third-order valence-electron chi connectivity index (χ3n) is 6.16. The normalized spacial score (nSPS) is 10.9. The summed E-state index contributed by atoms with van der Waals surface area (Å²) in [7, 11) is 3.21. The molecule has 10 heteroatoms. The molecule has 0 aliphatic carbocycles. The van der Waals surface area contributed by atoms with Crippen LogP contribution in [0.4, 0.5) is 5.00 Å². The van der Waals surface area contributed by atoms with Gasteiger partial charge in [0.05, 0.1) is 19.5 Å². The Balaban J connectivity index is 1.44. The molecule has 0 saturated heterocycles. The smallest absolute Gasteiger partial charge is 0.341 e. The van der Waals surface area contributed by atoms with Crippen LogP contribution in [0.3, 0.4) is 0 Å². The van der Waals surface area contributed by atoms with E-state index in [9.17, 15) is 9.59 Å². The number of rotatable bonds is 11. The van der Waals surface area contributed by atoms with Gasteiger partial charge < -0.3 is 19.4 Å². The van der Waals surface area contributed by atoms with Gasteiger partial charge >= 0.3 is 5.97 Å². The Labute approximate surface area is 236 Å². The second-order valence-corrected chi connectivity index (χ2v) is 10.9. The molecule has 0 unspecified atom stereocenters. The van der Waals surface area contributed by atoms with Crippen LogP contribution < -0.4 is 10.1 Å². The fourth-order valence-corrected chi connectivity index (χ4v) is 5.67. The number of carbonyl (C=O) groups is 2. The molecule has 39 heavy (non-hydrogen) atoms. The Hall–Kier alpha value is -3.63. The molecule has 0 bridgehead atoms. The van der Waals surface area contributed by atoms with Crippen molar-refractivity contribution in [3.63, 3.8) is 0 Å². The van der Waals surface area contributed by atoms with E-state index in [-0.39, 0.29) is 11.7 Å². The number of unbranched alkanes of at least 4 members (excludes halogenated alkanes) is 1. The van der Waals surface area contributed by atoms with Gasteiger partial charge in [-0.2, -0.15) is 0 Å². The zero-order chi connectivity index (χ0) is 27.9. The van der Waals surface area contributed by atoms with Gasteiger partial charge in [-0.3, -0.25) is 4.79 Å². The van der Waals surface area contributed by atoms with Crippen LogP contribution in [0.15, 0.2) is 53.0 Å². The number of aryl methyl sites for hydroxylation is 2. The van der Waals surface area contributed by atoms with Gasteiger partial charge in [-0.05, 0) is 55.7 Å². The zero-order valence-corrected chi connectivity index (χ0v) is 24.4. The first-order valence-electron chi connectivity index (χ1n) is 12.6. The molecule has 0 saturated carbocycles. The Morgan fingerprint density at radius 1 is 1.08 bits per heavy atom. The number of nitrogens with zero attached hydrogens (tertiary/aromatic N) is 3. The van der Waals surface area contributed by atoms with Crippen LogP contribution in [0.25, 0.3) is 22.5 Å². The summed E-state index contributed by atoms with van der Waals surface area (Å²) in [6, 6.07) is 13.8. The second-order valence-electron chi connectivity index (χ2n) is 9.09. The van der Waals surface area contributed by atoms with Crippen LogP contribution >= 0.6 is 23.1 Å². The van der Waals surface area contributed by atoms with E-state index in [1.165, 1.54) is 30.2 Å². The van der Waals surface area contributed by atoms with Crippen molar-refractivity contribution in [3.8, 4) is 28.3 Å². The van der Waals surface area contributed by atoms with Crippen LogP contribution in [0.2, 0.25) is 0 Å². The summed E-state index contributed by atoms with van der Waals surface area (Å²) in [4.78, 5) is 25.6. The molecule has 1 N–H and O–H groups in total. The maximum atomic E-state index is 12.9. The minimum absolute atomic E-state index is 0.105. The van der Waals surface area contributed by atoms with Crippen molar-refractivity contribution in [2.45, 2.75) is 38.8 Å². The van der Waals surface area contributed by atoms with Crippen LogP contribution in [0, 0.1) is 13.8 Å². The predicted molar refractivity (Wildman–Crippen MR) is 157 cm³/mol. The second kappa shape index (κ2) is 12.9. The first-order chi connectivity index (χ1) is 18.8. The number of esters is 1. The molecule has 8 nitrogen and oxygen atoms in total. The number of anilines is 1. The third kappa shape index (κ3) is 6.69. The number of hydrogen-bond acceptors (Lipinski definition) is 8. The number of thioether (sulfide) groups is 1. The number of hydrogen-bond donors (Lipinski definition) is 1. The largest absolute Gasteiger partial charge is 0.494 e. The summed E-state index contributed by atoms with van der Waals surface area (Å²) in [6.45, 7) is 6.82. The number of carbonyl (C=O) groups excluding carboxylic acids is 2. The number of amides is 1. The van der Waals surface area contributed by atoms with Gasteiger partial charge in [-0.15, -0.1) is 21.5 Å². The van der Waals surface area contributed by atoms with Crippen LogP contribution in [-0.4, -0.2) is 46.1 Å². The molecule has 2 aromatic heterocycles. The molecule has 1 amide bonds. The number of thiophene rings is 1. The number of methoxy groups -OCH3 is 1. The molecule has 0 spiro atoms.